The number of likely N-dealkylation sites (N-methyl/N-ethyl adjacent to an activating group) is 1. The Hall–Kier alpha value is -1.87. The molecule has 0 N–H and O–H groups in total. The fourth-order valence-corrected chi connectivity index (χ4v) is 1.99. The number of hydrogen-bond donors (Lipinski definition) is 0. The molecule has 0 saturated carbocycles. The summed E-state index contributed by atoms with van der Waals surface area (Å²) in [5.74, 6) is -0.263. The van der Waals surface area contributed by atoms with Crippen LogP contribution >= 0.6 is 11.6 Å². The van der Waals surface area contributed by atoms with Gasteiger partial charge in [-0.1, -0.05) is 35.9 Å². The minimum atomic E-state index is -0.274. The third kappa shape index (κ3) is 4.07. The normalized spacial score (nSPS) is 10.3. The average Bonchev–Trinajstić information content (AvgIpc) is 2.44. The molecule has 1 amide bonds. The van der Waals surface area contributed by atoms with Crippen molar-refractivity contribution in [1.82, 2.24) is 4.90 Å². The maximum absolute atomic E-state index is 12.8. The smallest absolute Gasteiger partial charge is 0.227 e. The van der Waals surface area contributed by atoms with Crippen molar-refractivity contribution in [2.24, 2.45) is 0 Å². The van der Waals surface area contributed by atoms with Crippen LogP contribution in [0.15, 0.2) is 48.5 Å². The minimum Gasteiger partial charge on any atom is -0.341 e. The first-order valence-electron chi connectivity index (χ1n) is 6.27. The highest BCUT2D eigenvalue weighted by Crippen LogP contribution is 2.12. The maximum atomic E-state index is 12.8. The summed E-state index contributed by atoms with van der Waals surface area (Å²) in [7, 11) is 1.74. The van der Waals surface area contributed by atoms with Gasteiger partial charge in [0.05, 0.1) is 6.42 Å². The van der Waals surface area contributed by atoms with Crippen LogP contribution in [-0.4, -0.2) is 17.9 Å². The SMILES string of the molecule is CN(Cc1ccc(F)cc1)C(=O)Cc1ccc(Cl)cc1. The molecule has 0 heterocycles. The zero-order chi connectivity index (χ0) is 14.5. The molecule has 4 heteroatoms. The molecular weight excluding hydrogens is 277 g/mol. The Bertz CT molecular complexity index is 580. The molecule has 0 unspecified atom stereocenters. The highest BCUT2D eigenvalue weighted by atomic mass is 35.5. The van der Waals surface area contributed by atoms with E-state index in [0.717, 1.165) is 11.1 Å². The minimum absolute atomic E-state index is 0.0108. The van der Waals surface area contributed by atoms with Crippen LogP contribution in [-0.2, 0) is 17.8 Å². The Morgan fingerprint density at radius 2 is 1.60 bits per heavy atom. The fraction of sp³-hybridized carbons (Fsp3) is 0.188. The Labute approximate surface area is 122 Å². The van der Waals surface area contributed by atoms with Gasteiger partial charge in [0.25, 0.3) is 0 Å². The van der Waals surface area contributed by atoms with Crippen molar-refractivity contribution >= 4 is 17.5 Å². The molecule has 0 spiro atoms. The van der Waals surface area contributed by atoms with Crippen LogP contribution in [0.4, 0.5) is 4.39 Å². The maximum Gasteiger partial charge on any atom is 0.227 e. The van der Waals surface area contributed by atoms with Crippen LogP contribution in [0.3, 0.4) is 0 Å². The first-order valence-corrected chi connectivity index (χ1v) is 6.65. The molecule has 2 nitrogen and oxygen atoms in total. The van der Waals surface area contributed by atoms with Crippen LogP contribution in [0.5, 0.6) is 0 Å². The highest BCUT2D eigenvalue weighted by molar-refractivity contribution is 6.30. The lowest BCUT2D eigenvalue weighted by atomic mass is 10.1. The number of carbonyl (C=O) groups excluding carboxylic acids is 1. The molecule has 0 aliphatic heterocycles. The van der Waals surface area contributed by atoms with Gasteiger partial charge in [-0.15, -0.1) is 0 Å². The van der Waals surface area contributed by atoms with Crippen LogP contribution in [0.25, 0.3) is 0 Å². The van der Waals surface area contributed by atoms with E-state index < -0.39 is 0 Å². The van der Waals surface area contributed by atoms with Gasteiger partial charge < -0.3 is 4.90 Å². The summed E-state index contributed by atoms with van der Waals surface area (Å²) >= 11 is 5.80. The molecule has 20 heavy (non-hydrogen) atoms. The van der Waals surface area contributed by atoms with E-state index in [1.165, 1.54) is 12.1 Å². The highest BCUT2D eigenvalue weighted by Gasteiger charge is 2.10. The molecule has 2 rings (SSSR count). The van der Waals surface area contributed by atoms with Crippen LogP contribution in [0.1, 0.15) is 11.1 Å². The zero-order valence-corrected chi connectivity index (χ0v) is 11.9. The summed E-state index contributed by atoms with van der Waals surface area (Å²) < 4.78 is 12.8. The summed E-state index contributed by atoms with van der Waals surface area (Å²) in [5, 5.41) is 0.654. The molecule has 0 saturated heterocycles. The van der Waals surface area contributed by atoms with Crippen LogP contribution < -0.4 is 0 Å². The van der Waals surface area contributed by atoms with E-state index in [-0.39, 0.29) is 11.7 Å². The third-order valence-corrected chi connectivity index (χ3v) is 3.28. The molecule has 2 aromatic carbocycles. The van der Waals surface area contributed by atoms with Gasteiger partial charge >= 0.3 is 0 Å². The van der Waals surface area contributed by atoms with Crippen molar-refractivity contribution in [3.8, 4) is 0 Å². The van der Waals surface area contributed by atoms with E-state index >= 15 is 0 Å². The average molecular weight is 292 g/mol. The lowest BCUT2D eigenvalue weighted by Gasteiger charge is -2.17. The van der Waals surface area contributed by atoms with Gasteiger partial charge in [0.2, 0.25) is 5.91 Å². The topological polar surface area (TPSA) is 20.3 Å². The number of nitrogens with zero attached hydrogens (tertiary/aromatic N) is 1. The summed E-state index contributed by atoms with van der Waals surface area (Å²) in [6.07, 6.45) is 0.328. The number of halogens is 2. The van der Waals surface area contributed by atoms with Crippen molar-refractivity contribution in [3.63, 3.8) is 0 Å². The molecule has 0 aliphatic carbocycles. The third-order valence-electron chi connectivity index (χ3n) is 3.03. The number of benzene rings is 2. The second kappa shape index (κ2) is 6.53. The van der Waals surface area contributed by atoms with Crippen molar-refractivity contribution in [1.29, 1.82) is 0 Å². The zero-order valence-electron chi connectivity index (χ0n) is 11.1. The number of hydrogen-bond acceptors (Lipinski definition) is 1. The predicted molar refractivity (Wildman–Crippen MR) is 78.0 cm³/mol. The lowest BCUT2D eigenvalue weighted by Crippen LogP contribution is -2.27. The first-order chi connectivity index (χ1) is 9.54. The molecule has 0 aliphatic rings. The summed E-state index contributed by atoms with van der Waals surface area (Å²) in [6, 6.07) is 13.4. The quantitative estimate of drug-likeness (QED) is 0.841. The monoisotopic (exact) mass is 291 g/mol. The van der Waals surface area contributed by atoms with Crippen molar-refractivity contribution in [2.75, 3.05) is 7.05 Å². The van der Waals surface area contributed by atoms with E-state index in [0.29, 0.717) is 18.0 Å². The van der Waals surface area contributed by atoms with E-state index in [4.69, 9.17) is 11.6 Å². The molecule has 0 atom stereocenters. The van der Waals surface area contributed by atoms with Gasteiger partial charge in [-0.2, -0.15) is 0 Å². The molecule has 0 aromatic heterocycles. The van der Waals surface area contributed by atoms with Crippen LogP contribution in [0.2, 0.25) is 5.02 Å². The van der Waals surface area contributed by atoms with Gasteiger partial charge in [0.15, 0.2) is 0 Å². The van der Waals surface area contributed by atoms with Gasteiger partial charge in [0.1, 0.15) is 5.82 Å². The first kappa shape index (κ1) is 14.5. The lowest BCUT2D eigenvalue weighted by molar-refractivity contribution is -0.129. The second-order valence-electron chi connectivity index (χ2n) is 4.68. The van der Waals surface area contributed by atoms with E-state index in [9.17, 15) is 9.18 Å². The van der Waals surface area contributed by atoms with Crippen molar-refractivity contribution in [2.45, 2.75) is 13.0 Å². The molecular formula is C16H15ClFNO. The summed E-state index contributed by atoms with van der Waals surface area (Å²) in [6.45, 7) is 0.465. The van der Waals surface area contributed by atoms with Crippen molar-refractivity contribution < 1.29 is 9.18 Å². The number of carbonyl (C=O) groups is 1. The standard InChI is InChI=1S/C16H15ClFNO/c1-19(11-13-4-8-15(18)9-5-13)16(20)10-12-2-6-14(17)7-3-12/h2-9H,10-11H2,1H3. The Kier molecular flexibility index (Phi) is 4.74. The van der Waals surface area contributed by atoms with Gasteiger partial charge in [-0.05, 0) is 35.4 Å². The Morgan fingerprint density at radius 1 is 1.05 bits per heavy atom. The van der Waals surface area contributed by atoms with Gasteiger partial charge in [-0.25, -0.2) is 4.39 Å². The van der Waals surface area contributed by atoms with Gasteiger partial charge in [0, 0.05) is 18.6 Å². The number of rotatable bonds is 4. The molecule has 0 fully saturated rings. The molecule has 0 radical (unpaired) electrons. The summed E-state index contributed by atoms with van der Waals surface area (Å²) in [4.78, 5) is 13.7. The van der Waals surface area contributed by atoms with E-state index in [2.05, 4.69) is 0 Å². The molecule has 0 bridgehead atoms. The van der Waals surface area contributed by atoms with Crippen LogP contribution in [0, 0.1) is 5.82 Å². The largest absolute Gasteiger partial charge is 0.341 e. The number of amides is 1. The predicted octanol–water partition coefficient (Wildman–Crippen LogP) is 3.68. The van der Waals surface area contributed by atoms with E-state index in [1.54, 1.807) is 36.2 Å². The Morgan fingerprint density at radius 3 is 2.20 bits per heavy atom. The molecule has 104 valence electrons. The van der Waals surface area contributed by atoms with Crippen molar-refractivity contribution in [3.05, 3.63) is 70.5 Å². The van der Waals surface area contributed by atoms with Gasteiger partial charge in [-0.3, -0.25) is 4.79 Å². The summed E-state index contributed by atoms with van der Waals surface area (Å²) in [5.41, 5.74) is 1.82. The second-order valence-corrected chi connectivity index (χ2v) is 5.12. The fourth-order valence-electron chi connectivity index (χ4n) is 1.86. The molecule has 2 aromatic rings. The Balaban J connectivity index is 1.94. The van der Waals surface area contributed by atoms with E-state index in [1.807, 2.05) is 12.1 Å².